The van der Waals surface area contributed by atoms with Crippen LogP contribution in [0.1, 0.15) is 23.8 Å². The lowest BCUT2D eigenvalue weighted by Gasteiger charge is -2.37. The number of thiophene rings is 1. The van der Waals surface area contributed by atoms with Crippen LogP contribution >= 0.6 is 11.3 Å². The molecule has 4 rings (SSSR count). The van der Waals surface area contributed by atoms with Gasteiger partial charge in [-0.05, 0) is 30.2 Å². The molecular weight excluding hydrogens is 343 g/mol. The van der Waals surface area contributed by atoms with E-state index in [0.29, 0.717) is 44.0 Å². The number of halogens is 1. The summed E-state index contributed by atoms with van der Waals surface area (Å²) in [5.74, 6) is 0.649. The predicted molar refractivity (Wildman–Crippen MR) is 94.4 cm³/mol. The Morgan fingerprint density at radius 3 is 2.84 bits per heavy atom. The Morgan fingerprint density at radius 1 is 1.36 bits per heavy atom. The van der Waals surface area contributed by atoms with Gasteiger partial charge in [-0.25, -0.2) is 9.37 Å². The van der Waals surface area contributed by atoms with Crippen LogP contribution in [0.5, 0.6) is 0 Å². The molecule has 6 nitrogen and oxygen atoms in total. The maximum absolute atomic E-state index is 14.2. The van der Waals surface area contributed by atoms with Crippen molar-refractivity contribution in [1.29, 1.82) is 0 Å². The molecule has 0 radical (unpaired) electrons. The second-order valence-electron chi connectivity index (χ2n) is 6.49. The molecular formula is C17H21FN4O2S. The summed E-state index contributed by atoms with van der Waals surface area (Å²) in [7, 11) is 0. The van der Waals surface area contributed by atoms with Crippen molar-refractivity contribution in [2.75, 3.05) is 36.5 Å². The number of anilines is 2. The van der Waals surface area contributed by atoms with E-state index < -0.39 is 5.82 Å². The topological polar surface area (TPSA) is 70.5 Å². The van der Waals surface area contributed by atoms with E-state index in [9.17, 15) is 9.50 Å². The Balaban J connectivity index is 1.55. The number of nitrogens with one attached hydrogen (secondary N) is 1. The van der Waals surface area contributed by atoms with Crippen LogP contribution in [0.4, 0.5) is 16.2 Å². The van der Waals surface area contributed by atoms with Crippen molar-refractivity contribution in [2.45, 2.75) is 25.0 Å². The minimum atomic E-state index is -0.417. The first-order valence-corrected chi connectivity index (χ1v) is 9.42. The van der Waals surface area contributed by atoms with E-state index in [2.05, 4.69) is 21.4 Å². The van der Waals surface area contributed by atoms with Crippen LogP contribution in [0.15, 0.2) is 23.7 Å². The smallest absolute Gasteiger partial charge is 0.225 e. The van der Waals surface area contributed by atoms with Gasteiger partial charge in [-0.2, -0.15) is 4.98 Å². The van der Waals surface area contributed by atoms with E-state index in [1.807, 2.05) is 16.3 Å². The van der Waals surface area contributed by atoms with E-state index in [-0.39, 0.29) is 12.1 Å². The van der Waals surface area contributed by atoms with Gasteiger partial charge in [-0.1, -0.05) is 6.07 Å². The second kappa shape index (κ2) is 7.23. The molecule has 134 valence electrons. The number of rotatable bonds is 5. The van der Waals surface area contributed by atoms with Crippen molar-refractivity contribution in [3.05, 3.63) is 34.4 Å². The van der Waals surface area contributed by atoms with Crippen molar-refractivity contribution < 1.29 is 14.2 Å². The van der Waals surface area contributed by atoms with Gasteiger partial charge in [-0.15, -0.1) is 11.3 Å². The molecule has 1 aliphatic carbocycles. The molecule has 1 saturated carbocycles. The SMILES string of the molecule is OC1CC([C@@H](Nc2ncc(F)c(N3CCOCC3)n2)c2cccs2)C1. The highest BCUT2D eigenvalue weighted by Gasteiger charge is 2.36. The molecule has 1 saturated heterocycles. The first-order valence-electron chi connectivity index (χ1n) is 8.54. The minimum Gasteiger partial charge on any atom is -0.393 e. The van der Waals surface area contributed by atoms with Crippen LogP contribution in [0.25, 0.3) is 0 Å². The van der Waals surface area contributed by atoms with Gasteiger partial charge >= 0.3 is 0 Å². The fraction of sp³-hybridized carbons (Fsp3) is 0.529. The lowest BCUT2D eigenvalue weighted by atomic mass is 9.77. The Hall–Kier alpha value is -1.77. The summed E-state index contributed by atoms with van der Waals surface area (Å²) in [5, 5.41) is 15.1. The molecule has 25 heavy (non-hydrogen) atoms. The molecule has 3 heterocycles. The summed E-state index contributed by atoms with van der Waals surface area (Å²) >= 11 is 1.66. The second-order valence-corrected chi connectivity index (χ2v) is 7.47. The Bertz CT molecular complexity index is 703. The van der Waals surface area contributed by atoms with E-state index in [1.54, 1.807) is 11.3 Å². The third-order valence-electron chi connectivity index (χ3n) is 4.79. The quantitative estimate of drug-likeness (QED) is 0.849. The van der Waals surface area contributed by atoms with Crippen LogP contribution in [-0.2, 0) is 4.74 Å². The minimum absolute atomic E-state index is 0.0337. The summed E-state index contributed by atoms with van der Waals surface area (Å²) in [6, 6.07) is 4.11. The van der Waals surface area contributed by atoms with E-state index >= 15 is 0 Å². The van der Waals surface area contributed by atoms with Gasteiger partial charge in [0.2, 0.25) is 5.95 Å². The van der Waals surface area contributed by atoms with Gasteiger partial charge in [0.1, 0.15) is 0 Å². The molecule has 1 atom stereocenters. The number of aliphatic hydroxyl groups excluding tert-OH is 1. The highest BCUT2D eigenvalue weighted by Crippen LogP contribution is 2.41. The summed E-state index contributed by atoms with van der Waals surface area (Å²) in [4.78, 5) is 11.6. The Morgan fingerprint density at radius 2 is 2.16 bits per heavy atom. The third-order valence-corrected chi connectivity index (χ3v) is 5.75. The molecule has 0 spiro atoms. The van der Waals surface area contributed by atoms with Crippen molar-refractivity contribution in [1.82, 2.24) is 9.97 Å². The number of aliphatic hydroxyl groups is 1. The maximum atomic E-state index is 14.2. The van der Waals surface area contributed by atoms with Crippen LogP contribution in [0.3, 0.4) is 0 Å². The fourth-order valence-electron chi connectivity index (χ4n) is 3.36. The van der Waals surface area contributed by atoms with Gasteiger partial charge < -0.3 is 20.1 Å². The van der Waals surface area contributed by atoms with Crippen molar-refractivity contribution in [2.24, 2.45) is 5.92 Å². The highest BCUT2D eigenvalue weighted by molar-refractivity contribution is 7.10. The average Bonchev–Trinajstić information content (AvgIpc) is 3.14. The van der Waals surface area contributed by atoms with Crippen molar-refractivity contribution >= 4 is 23.1 Å². The van der Waals surface area contributed by atoms with Crippen LogP contribution in [0.2, 0.25) is 0 Å². The van der Waals surface area contributed by atoms with Gasteiger partial charge in [0, 0.05) is 18.0 Å². The van der Waals surface area contributed by atoms with Gasteiger partial charge in [0.15, 0.2) is 11.6 Å². The molecule has 2 N–H and O–H groups in total. The Labute approximate surface area is 149 Å². The van der Waals surface area contributed by atoms with Crippen molar-refractivity contribution in [3.8, 4) is 0 Å². The summed E-state index contributed by atoms with van der Waals surface area (Å²) in [6.45, 7) is 2.39. The largest absolute Gasteiger partial charge is 0.393 e. The first-order chi connectivity index (χ1) is 12.2. The van der Waals surface area contributed by atoms with Gasteiger partial charge in [-0.3, -0.25) is 0 Å². The monoisotopic (exact) mass is 364 g/mol. The molecule has 2 aromatic rings. The molecule has 2 aromatic heterocycles. The predicted octanol–water partition coefficient (Wildman–Crippen LogP) is 2.44. The zero-order chi connectivity index (χ0) is 17.2. The molecule has 0 unspecified atom stereocenters. The van der Waals surface area contributed by atoms with Gasteiger partial charge in [0.05, 0.1) is 31.6 Å². The molecule has 2 fully saturated rings. The number of hydrogen-bond acceptors (Lipinski definition) is 7. The molecule has 0 aromatic carbocycles. The summed E-state index contributed by atoms with van der Waals surface area (Å²) in [6.07, 6.45) is 2.51. The van der Waals surface area contributed by atoms with E-state index in [0.717, 1.165) is 12.8 Å². The standard InChI is InChI=1S/C17H21FN4O2S/c18-13-10-19-17(21-16(13)22-3-5-24-6-4-22)20-15(11-8-12(23)9-11)14-2-1-7-25-14/h1-2,7,10-12,15,23H,3-6,8-9H2,(H,19,20,21)/t11?,12?,15-/m1/s1. The summed E-state index contributed by atoms with van der Waals surface area (Å²) < 4.78 is 19.5. The lowest BCUT2D eigenvalue weighted by molar-refractivity contribution is 0.0343. The molecule has 1 aliphatic heterocycles. The zero-order valence-corrected chi connectivity index (χ0v) is 14.6. The number of aromatic nitrogens is 2. The zero-order valence-electron chi connectivity index (χ0n) is 13.8. The molecule has 0 bridgehead atoms. The third kappa shape index (κ3) is 3.61. The molecule has 8 heteroatoms. The van der Waals surface area contributed by atoms with E-state index in [1.165, 1.54) is 11.1 Å². The number of hydrogen-bond donors (Lipinski definition) is 2. The number of nitrogens with zero attached hydrogens (tertiary/aromatic N) is 3. The van der Waals surface area contributed by atoms with Crippen LogP contribution < -0.4 is 10.2 Å². The normalized spacial score (nSPS) is 24.6. The van der Waals surface area contributed by atoms with Crippen molar-refractivity contribution in [3.63, 3.8) is 0 Å². The number of ether oxygens (including phenoxy) is 1. The number of morpholine rings is 1. The van der Waals surface area contributed by atoms with Gasteiger partial charge in [0.25, 0.3) is 0 Å². The maximum Gasteiger partial charge on any atom is 0.225 e. The van der Waals surface area contributed by atoms with Crippen LogP contribution in [-0.4, -0.2) is 47.5 Å². The fourth-order valence-corrected chi connectivity index (χ4v) is 4.22. The Kier molecular flexibility index (Phi) is 4.82. The average molecular weight is 364 g/mol. The van der Waals surface area contributed by atoms with E-state index in [4.69, 9.17) is 4.74 Å². The summed E-state index contributed by atoms with van der Waals surface area (Å²) in [5.41, 5.74) is 0. The lowest BCUT2D eigenvalue weighted by Crippen LogP contribution is -2.38. The molecule has 0 amide bonds. The first kappa shape index (κ1) is 16.7. The molecule has 2 aliphatic rings. The van der Waals surface area contributed by atoms with Crippen LogP contribution in [0, 0.1) is 11.7 Å². The highest BCUT2D eigenvalue weighted by atomic mass is 32.1.